The molecule has 0 bridgehead atoms. The van der Waals surface area contributed by atoms with Gasteiger partial charge >= 0.3 is 0 Å². The monoisotopic (exact) mass is 247 g/mol. The first-order valence-corrected chi connectivity index (χ1v) is 6.88. The third-order valence-corrected chi connectivity index (χ3v) is 3.84. The Bertz CT molecular complexity index is 425. The number of anilines is 1. The Morgan fingerprint density at radius 2 is 2.00 bits per heavy atom. The number of hydrogen-bond acceptors (Lipinski definition) is 2. The van der Waals surface area contributed by atoms with Crippen molar-refractivity contribution in [3.8, 4) is 5.75 Å². The molecule has 1 aromatic rings. The van der Waals surface area contributed by atoms with Gasteiger partial charge in [0.15, 0.2) is 0 Å². The summed E-state index contributed by atoms with van der Waals surface area (Å²) in [4.78, 5) is 0. The summed E-state index contributed by atoms with van der Waals surface area (Å²) in [6.45, 7) is 9.07. The molecule has 0 amide bonds. The molecule has 1 aliphatic rings. The Balaban J connectivity index is 2.09. The highest BCUT2D eigenvalue weighted by molar-refractivity contribution is 5.47. The molecule has 1 aliphatic carbocycles. The van der Waals surface area contributed by atoms with E-state index in [-0.39, 0.29) is 0 Å². The van der Waals surface area contributed by atoms with Crippen LogP contribution in [0.3, 0.4) is 0 Å². The van der Waals surface area contributed by atoms with Gasteiger partial charge in [0, 0.05) is 5.69 Å². The van der Waals surface area contributed by atoms with Gasteiger partial charge in [0.05, 0.1) is 6.10 Å². The summed E-state index contributed by atoms with van der Waals surface area (Å²) in [5.74, 6) is 1.73. The maximum Gasteiger partial charge on any atom is 0.122 e. The zero-order valence-electron chi connectivity index (χ0n) is 12.0. The van der Waals surface area contributed by atoms with Crippen molar-refractivity contribution in [3.05, 3.63) is 23.8 Å². The fourth-order valence-corrected chi connectivity index (χ4v) is 3.33. The normalized spacial score (nSPS) is 26.9. The number of rotatable bonds is 2. The van der Waals surface area contributed by atoms with Crippen LogP contribution in [0.4, 0.5) is 5.69 Å². The van der Waals surface area contributed by atoms with Gasteiger partial charge in [0.25, 0.3) is 0 Å². The number of benzene rings is 1. The summed E-state index contributed by atoms with van der Waals surface area (Å²) in [6, 6.07) is 5.89. The number of ether oxygens (including phenoxy) is 1. The van der Waals surface area contributed by atoms with E-state index in [4.69, 9.17) is 10.5 Å². The summed E-state index contributed by atoms with van der Waals surface area (Å²) in [5, 5.41) is 0. The summed E-state index contributed by atoms with van der Waals surface area (Å²) in [6.07, 6.45) is 3.94. The molecule has 2 N–H and O–H groups in total. The fraction of sp³-hybridized carbons (Fsp3) is 0.625. The van der Waals surface area contributed by atoms with Crippen LogP contribution in [0, 0.1) is 18.3 Å². The minimum absolute atomic E-state index is 0.339. The smallest absolute Gasteiger partial charge is 0.122 e. The number of nitrogens with two attached hydrogens (primary N) is 1. The van der Waals surface area contributed by atoms with E-state index in [2.05, 4.69) is 27.7 Å². The van der Waals surface area contributed by atoms with E-state index < -0.39 is 0 Å². The standard InChI is InChI=1S/C16H25NO/c1-11-7-14(10-16(3,4)9-11)18-15-6-5-13(17)8-12(15)2/h5-6,8,11,14H,7,9-10,17H2,1-4H3. The van der Waals surface area contributed by atoms with Gasteiger partial charge in [-0.3, -0.25) is 0 Å². The molecule has 0 saturated heterocycles. The molecular weight excluding hydrogens is 222 g/mol. The Morgan fingerprint density at radius 3 is 2.61 bits per heavy atom. The Hall–Kier alpha value is -1.18. The van der Waals surface area contributed by atoms with E-state index in [1.54, 1.807) is 0 Å². The van der Waals surface area contributed by atoms with Crippen LogP contribution in [-0.4, -0.2) is 6.10 Å². The van der Waals surface area contributed by atoms with Crippen LogP contribution >= 0.6 is 0 Å². The zero-order valence-corrected chi connectivity index (χ0v) is 12.0. The number of hydrogen-bond donors (Lipinski definition) is 1. The zero-order chi connectivity index (χ0) is 13.3. The molecule has 2 rings (SSSR count). The number of nitrogen functional groups attached to an aromatic ring is 1. The van der Waals surface area contributed by atoms with Crippen LogP contribution in [0.5, 0.6) is 5.75 Å². The largest absolute Gasteiger partial charge is 0.490 e. The first-order chi connectivity index (χ1) is 8.35. The molecule has 1 aromatic carbocycles. The first-order valence-electron chi connectivity index (χ1n) is 6.88. The lowest BCUT2D eigenvalue weighted by atomic mass is 9.71. The first kappa shape index (κ1) is 13.3. The van der Waals surface area contributed by atoms with E-state index in [0.717, 1.165) is 35.8 Å². The van der Waals surface area contributed by atoms with E-state index in [0.29, 0.717) is 11.5 Å². The molecule has 0 radical (unpaired) electrons. The van der Waals surface area contributed by atoms with Gasteiger partial charge in [-0.2, -0.15) is 0 Å². The summed E-state index contributed by atoms with van der Waals surface area (Å²) in [7, 11) is 0. The molecule has 0 spiro atoms. The van der Waals surface area contributed by atoms with Gasteiger partial charge in [0.1, 0.15) is 5.75 Å². The second kappa shape index (κ2) is 4.83. The van der Waals surface area contributed by atoms with E-state index >= 15 is 0 Å². The third kappa shape index (κ3) is 3.18. The van der Waals surface area contributed by atoms with Gasteiger partial charge in [-0.05, 0) is 61.3 Å². The van der Waals surface area contributed by atoms with Crippen LogP contribution in [0.2, 0.25) is 0 Å². The highest BCUT2D eigenvalue weighted by atomic mass is 16.5. The predicted molar refractivity (Wildman–Crippen MR) is 76.8 cm³/mol. The molecular formula is C16H25NO. The summed E-state index contributed by atoms with van der Waals surface area (Å²) < 4.78 is 6.19. The molecule has 0 aromatic heterocycles. The Labute approximate surface area is 111 Å². The van der Waals surface area contributed by atoms with Gasteiger partial charge in [-0.1, -0.05) is 20.8 Å². The second-order valence-corrected chi connectivity index (χ2v) is 6.68. The van der Waals surface area contributed by atoms with Crippen LogP contribution in [0.15, 0.2) is 18.2 Å². The van der Waals surface area contributed by atoms with Crippen molar-refractivity contribution in [2.45, 2.75) is 53.1 Å². The highest BCUT2D eigenvalue weighted by Crippen LogP contribution is 2.40. The van der Waals surface area contributed by atoms with E-state index in [1.165, 1.54) is 6.42 Å². The average molecular weight is 247 g/mol. The maximum absolute atomic E-state index is 6.19. The van der Waals surface area contributed by atoms with Crippen molar-refractivity contribution in [1.29, 1.82) is 0 Å². The Kier molecular flexibility index (Phi) is 3.56. The van der Waals surface area contributed by atoms with Crippen LogP contribution in [-0.2, 0) is 0 Å². The van der Waals surface area contributed by atoms with E-state index in [9.17, 15) is 0 Å². The molecule has 100 valence electrons. The molecule has 2 atom stereocenters. The molecule has 18 heavy (non-hydrogen) atoms. The SMILES string of the molecule is Cc1cc(N)ccc1OC1CC(C)CC(C)(C)C1. The van der Waals surface area contributed by atoms with Crippen LogP contribution < -0.4 is 10.5 Å². The van der Waals surface area contributed by atoms with Crippen LogP contribution in [0.25, 0.3) is 0 Å². The van der Waals surface area contributed by atoms with Crippen molar-refractivity contribution in [1.82, 2.24) is 0 Å². The lowest BCUT2D eigenvalue weighted by molar-refractivity contribution is 0.0558. The van der Waals surface area contributed by atoms with Gasteiger partial charge in [-0.15, -0.1) is 0 Å². The minimum Gasteiger partial charge on any atom is -0.490 e. The van der Waals surface area contributed by atoms with Crippen molar-refractivity contribution in [2.75, 3.05) is 5.73 Å². The number of aryl methyl sites for hydroxylation is 1. The topological polar surface area (TPSA) is 35.2 Å². The molecule has 2 nitrogen and oxygen atoms in total. The van der Waals surface area contributed by atoms with E-state index in [1.807, 2.05) is 18.2 Å². The predicted octanol–water partition coefficient (Wildman–Crippen LogP) is 4.17. The van der Waals surface area contributed by atoms with Crippen LogP contribution in [0.1, 0.15) is 45.6 Å². The lowest BCUT2D eigenvalue weighted by Crippen LogP contribution is -2.34. The van der Waals surface area contributed by atoms with Crippen molar-refractivity contribution >= 4 is 5.69 Å². The quantitative estimate of drug-likeness (QED) is 0.796. The summed E-state index contributed by atoms with van der Waals surface area (Å²) in [5.41, 5.74) is 8.10. The minimum atomic E-state index is 0.339. The molecule has 0 heterocycles. The maximum atomic E-state index is 6.19. The molecule has 2 heteroatoms. The Morgan fingerprint density at radius 1 is 1.28 bits per heavy atom. The third-order valence-electron chi connectivity index (χ3n) is 3.84. The molecule has 2 unspecified atom stereocenters. The molecule has 0 aliphatic heterocycles. The lowest BCUT2D eigenvalue weighted by Gasteiger charge is -2.39. The van der Waals surface area contributed by atoms with Gasteiger partial charge in [-0.25, -0.2) is 0 Å². The second-order valence-electron chi connectivity index (χ2n) is 6.68. The molecule has 1 fully saturated rings. The summed E-state index contributed by atoms with van der Waals surface area (Å²) >= 11 is 0. The van der Waals surface area contributed by atoms with Crippen molar-refractivity contribution < 1.29 is 4.74 Å². The highest BCUT2D eigenvalue weighted by Gasteiger charge is 2.33. The van der Waals surface area contributed by atoms with Crippen molar-refractivity contribution in [3.63, 3.8) is 0 Å². The van der Waals surface area contributed by atoms with Gasteiger partial charge < -0.3 is 10.5 Å². The average Bonchev–Trinajstić information content (AvgIpc) is 2.19. The fourth-order valence-electron chi connectivity index (χ4n) is 3.33. The molecule has 1 saturated carbocycles. The van der Waals surface area contributed by atoms with Crippen molar-refractivity contribution in [2.24, 2.45) is 11.3 Å². The van der Waals surface area contributed by atoms with Gasteiger partial charge in [0.2, 0.25) is 0 Å².